The summed E-state index contributed by atoms with van der Waals surface area (Å²) in [5, 5.41) is 61.6. The van der Waals surface area contributed by atoms with E-state index in [9.17, 15) is 35.4 Å². The molecule has 0 bridgehead atoms. The lowest BCUT2D eigenvalue weighted by atomic mass is 9.95. The van der Waals surface area contributed by atoms with Crippen molar-refractivity contribution in [1.82, 2.24) is 5.32 Å². The smallest absolute Gasteiger partial charge is 0.217 e. The molecule has 0 aromatic rings. The Morgan fingerprint density at radius 1 is 1.04 bits per heavy atom. The van der Waals surface area contributed by atoms with Crippen molar-refractivity contribution in [3.8, 4) is 0 Å². The third-order valence-electron chi connectivity index (χ3n) is 4.34. The lowest BCUT2D eigenvalue weighted by Crippen LogP contribution is -2.67. The topological polar surface area (TPSA) is 178 Å². The van der Waals surface area contributed by atoms with E-state index in [0.29, 0.717) is 0 Å². The summed E-state index contributed by atoms with van der Waals surface area (Å²) in [6.07, 6.45) is -12.4. The number of nitrogens with one attached hydrogen (secondary N) is 1. The Hall–Kier alpha value is -0.890. The lowest BCUT2D eigenvalue weighted by Gasteiger charge is -2.46. The first kappa shape index (κ1) is 20.4. The van der Waals surface area contributed by atoms with Gasteiger partial charge in [-0.3, -0.25) is 4.79 Å². The molecule has 25 heavy (non-hydrogen) atoms. The summed E-state index contributed by atoms with van der Waals surface area (Å²) in [7, 11) is 0. The van der Waals surface area contributed by atoms with Gasteiger partial charge in [0.15, 0.2) is 12.6 Å². The Labute approximate surface area is 143 Å². The molecule has 2 aliphatic heterocycles. The van der Waals surface area contributed by atoms with Crippen molar-refractivity contribution in [1.29, 1.82) is 0 Å². The molecular formula is C14H25NO10. The van der Waals surface area contributed by atoms with E-state index in [0.717, 1.165) is 0 Å². The Kier molecular flexibility index (Phi) is 6.70. The number of carbonyl (C=O) groups excluding carboxylic acids is 1. The molecule has 2 heterocycles. The Bertz CT molecular complexity index is 451. The quantitative estimate of drug-likeness (QED) is 0.257. The van der Waals surface area contributed by atoms with Crippen molar-refractivity contribution >= 4 is 5.91 Å². The van der Waals surface area contributed by atoms with Crippen molar-refractivity contribution in [2.75, 3.05) is 6.61 Å². The maximum absolute atomic E-state index is 11.4. The van der Waals surface area contributed by atoms with Crippen LogP contribution in [0.5, 0.6) is 0 Å². The lowest BCUT2D eigenvalue weighted by molar-refractivity contribution is -0.338. The summed E-state index contributed by atoms with van der Waals surface area (Å²) >= 11 is 0. The zero-order valence-corrected chi connectivity index (χ0v) is 13.8. The summed E-state index contributed by atoms with van der Waals surface area (Å²) in [5.41, 5.74) is 0. The molecule has 0 aliphatic carbocycles. The van der Waals surface area contributed by atoms with Crippen molar-refractivity contribution in [2.24, 2.45) is 0 Å². The highest BCUT2D eigenvalue weighted by atomic mass is 16.7. The van der Waals surface area contributed by atoms with Crippen LogP contribution in [0.2, 0.25) is 0 Å². The van der Waals surface area contributed by atoms with Gasteiger partial charge in [0.2, 0.25) is 5.91 Å². The maximum atomic E-state index is 11.4. The molecule has 2 rings (SSSR count). The second-order valence-corrected chi connectivity index (χ2v) is 6.25. The zero-order chi connectivity index (χ0) is 18.9. The minimum absolute atomic E-state index is 0.544. The van der Waals surface area contributed by atoms with Gasteiger partial charge >= 0.3 is 0 Å². The molecule has 146 valence electrons. The molecule has 0 spiro atoms. The molecule has 2 aliphatic rings. The number of ether oxygens (including phenoxy) is 3. The number of rotatable bonds is 4. The van der Waals surface area contributed by atoms with Gasteiger partial charge in [-0.25, -0.2) is 0 Å². The largest absolute Gasteiger partial charge is 0.394 e. The van der Waals surface area contributed by atoms with Crippen molar-refractivity contribution < 1.29 is 49.6 Å². The van der Waals surface area contributed by atoms with Gasteiger partial charge in [-0.2, -0.15) is 0 Å². The van der Waals surface area contributed by atoms with Crippen LogP contribution in [0.1, 0.15) is 13.8 Å². The second-order valence-electron chi connectivity index (χ2n) is 6.25. The normalized spacial score (nSPS) is 48.2. The van der Waals surface area contributed by atoms with Crippen LogP contribution in [0.15, 0.2) is 0 Å². The second kappa shape index (κ2) is 8.20. The molecule has 7 N–H and O–H groups in total. The highest BCUT2D eigenvalue weighted by molar-refractivity contribution is 5.73. The molecular weight excluding hydrogens is 342 g/mol. The van der Waals surface area contributed by atoms with Gasteiger partial charge in [-0.05, 0) is 6.92 Å². The summed E-state index contributed by atoms with van der Waals surface area (Å²) in [5.74, 6) is -0.544. The van der Waals surface area contributed by atoms with E-state index in [4.69, 9.17) is 14.2 Å². The predicted molar refractivity (Wildman–Crippen MR) is 78.8 cm³/mol. The van der Waals surface area contributed by atoms with Gasteiger partial charge in [0.25, 0.3) is 0 Å². The minimum atomic E-state index is -1.62. The molecule has 1 amide bonds. The molecule has 0 aromatic carbocycles. The van der Waals surface area contributed by atoms with Crippen LogP contribution in [-0.4, -0.2) is 105 Å². The summed E-state index contributed by atoms with van der Waals surface area (Å²) in [6.45, 7) is 2.00. The van der Waals surface area contributed by atoms with Gasteiger partial charge in [-0.15, -0.1) is 0 Å². The molecule has 10 atom stereocenters. The van der Waals surface area contributed by atoms with Crippen LogP contribution < -0.4 is 5.32 Å². The first-order valence-corrected chi connectivity index (χ1v) is 7.92. The first-order chi connectivity index (χ1) is 11.7. The number of hydrogen-bond donors (Lipinski definition) is 7. The Morgan fingerprint density at radius 3 is 2.24 bits per heavy atom. The molecule has 0 unspecified atom stereocenters. The molecule has 0 radical (unpaired) electrons. The summed E-state index contributed by atoms with van der Waals surface area (Å²) < 4.78 is 15.8. The number of carbonyl (C=O) groups is 1. The fourth-order valence-electron chi connectivity index (χ4n) is 2.91. The number of hydrogen-bond acceptors (Lipinski definition) is 10. The third kappa shape index (κ3) is 4.27. The molecule has 11 nitrogen and oxygen atoms in total. The maximum Gasteiger partial charge on any atom is 0.217 e. The molecule has 2 fully saturated rings. The SMILES string of the molecule is CC(=O)N[C@@H]1[C@H](O[C@@H]2[C@@H](O)[C@H](C)O[C@@H](O)[C@@H]2O)O[C@H](CO)[C@@H](O)[C@@H]1O. The highest BCUT2D eigenvalue weighted by Gasteiger charge is 2.50. The fourth-order valence-corrected chi connectivity index (χ4v) is 2.91. The Morgan fingerprint density at radius 2 is 1.68 bits per heavy atom. The van der Waals surface area contributed by atoms with E-state index in [2.05, 4.69) is 5.32 Å². The van der Waals surface area contributed by atoms with Crippen LogP contribution >= 0.6 is 0 Å². The Balaban J connectivity index is 2.21. The average molecular weight is 367 g/mol. The minimum Gasteiger partial charge on any atom is -0.394 e. The van der Waals surface area contributed by atoms with E-state index in [-0.39, 0.29) is 0 Å². The molecule has 11 heteroatoms. The van der Waals surface area contributed by atoms with Gasteiger partial charge in [0.05, 0.1) is 12.7 Å². The number of amides is 1. The standard InChI is InChI=1S/C14H25NO10/c1-4-8(18)12(11(21)13(22)23-4)25-14-7(15-5(2)17)10(20)9(19)6(3-16)24-14/h4,6-14,16,18-22H,3H2,1-2H3,(H,15,17)/t4-,6+,7-,8-,9+,10+,11+,12+,13+,14-/m0/s1. The molecule has 0 saturated carbocycles. The van der Waals surface area contributed by atoms with E-state index in [1.807, 2.05) is 0 Å². The summed E-state index contributed by atoms with van der Waals surface area (Å²) in [6, 6.07) is -1.23. The highest BCUT2D eigenvalue weighted by Crippen LogP contribution is 2.28. The van der Waals surface area contributed by atoms with Crippen molar-refractivity contribution in [3.05, 3.63) is 0 Å². The van der Waals surface area contributed by atoms with E-state index < -0.39 is 73.9 Å². The fraction of sp³-hybridized carbons (Fsp3) is 0.929. The van der Waals surface area contributed by atoms with Crippen LogP contribution in [0, 0.1) is 0 Å². The summed E-state index contributed by atoms with van der Waals surface area (Å²) in [4.78, 5) is 11.4. The van der Waals surface area contributed by atoms with Crippen molar-refractivity contribution in [2.45, 2.75) is 75.2 Å². The van der Waals surface area contributed by atoms with E-state index >= 15 is 0 Å². The van der Waals surface area contributed by atoms with Crippen molar-refractivity contribution in [3.63, 3.8) is 0 Å². The van der Waals surface area contributed by atoms with Crippen LogP contribution in [0.3, 0.4) is 0 Å². The number of aliphatic hydroxyl groups excluding tert-OH is 6. The van der Waals surface area contributed by atoms with E-state index in [1.54, 1.807) is 0 Å². The molecule has 0 aromatic heterocycles. The third-order valence-corrected chi connectivity index (χ3v) is 4.34. The van der Waals surface area contributed by atoms with E-state index in [1.165, 1.54) is 13.8 Å². The predicted octanol–water partition coefficient (Wildman–Crippen LogP) is -4.23. The average Bonchev–Trinajstić information content (AvgIpc) is 2.55. The van der Waals surface area contributed by atoms with Crippen LogP contribution in [0.4, 0.5) is 0 Å². The van der Waals surface area contributed by atoms with Gasteiger partial charge < -0.3 is 50.2 Å². The van der Waals surface area contributed by atoms with Gasteiger partial charge in [0, 0.05) is 6.92 Å². The molecule has 2 saturated heterocycles. The monoisotopic (exact) mass is 367 g/mol. The van der Waals surface area contributed by atoms with Gasteiger partial charge in [0.1, 0.15) is 42.7 Å². The van der Waals surface area contributed by atoms with Crippen LogP contribution in [-0.2, 0) is 19.0 Å². The van der Waals surface area contributed by atoms with Crippen LogP contribution in [0.25, 0.3) is 0 Å². The zero-order valence-electron chi connectivity index (χ0n) is 13.8. The number of aliphatic hydroxyl groups is 6. The first-order valence-electron chi connectivity index (χ1n) is 7.92. The van der Waals surface area contributed by atoms with Gasteiger partial charge in [-0.1, -0.05) is 0 Å².